The molecule has 1 rings (SSSR count). The van der Waals surface area contributed by atoms with Gasteiger partial charge in [-0.1, -0.05) is 19.4 Å². The highest BCUT2D eigenvalue weighted by atomic mass is 16.4. The molecule has 1 unspecified atom stereocenters. The quantitative estimate of drug-likeness (QED) is 0.662. The Hall–Kier alpha value is -0.830. The second kappa shape index (κ2) is 5.91. The molecule has 86 valence electrons. The van der Waals surface area contributed by atoms with Crippen LogP contribution in [0.1, 0.15) is 39.5 Å². The summed E-state index contributed by atoms with van der Waals surface area (Å²) in [5.74, 6) is 0.00361. The van der Waals surface area contributed by atoms with Crippen molar-refractivity contribution in [1.82, 2.24) is 5.32 Å². The maximum atomic E-state index is 10.7. The van der Waals surface area contributed by atoms with E-state index in [4.69, 9.17) is 5.11 Å². The third-order valence-corrected chi connectivity index (χ3v) is 3.30. The molecule has 1 aliphatic rings. The van der Waals surface area contributed by atoms with Crippen molar-refractivity contribution in [3.05, 3.63) is 11.6 Å². The van der Waals surface area contributed by atoms with Gasteiger partial charge in [-0.25, -0.2) is 4.79 Å². The minimum atomic E-state index is -0.796. The second-order valence-corrected chi connectivity index (χ2v) is 4.28. The molecule has 1 aliphatic carbocycles. The largest absolute Gasteiger partial charge is 0.478 e. The molecule has 1 fully saturated rings. The van der Waals surface area contributed by atoms with Crippen LogP contribution in [0.2, 0.25) is 0 Å². The number of carboxylic acid groups (broad SMARTS) is 1. The highest BCUT2D eigenvalue weighted by Gasteiger charge is 2.22. The van der Waals surface area contributed by atoms with Gasteiger partial charge in [-0.05, 0) is 32.1 Å². The lowest BCUT2D eigenvalue weighted by Crippen LogP contribution is -2.37. The van der Waals surface area contributed by atoms with Crippen LogP contribution in [0.15, 0.2) is 11.6 Å². The van der Waals surface area contributed by atoms with Crippen LogP contribution in [0.3, 0.4) is 0 Å². The summed E-state index contributed by atoms with van der Waals surface area (Å²) in [6.07, 6.45) is 6.36. The standard InChI is InChI=1S/C12H21NO2/c1-3-10(12(14)15)7-8-13-9(2)11-5-4-6-11/h7,9,11,13H,3-6,8H2,1-2H3,(H,14,15). The van der Waals surface area contributed by atoms with Gasteiger partial charge in [0.2, 0.25) is 0 Å². The maximum absolute atomic E-state index is 10.7. The summed E-state index contributed by atoms with van der Waals surface area (Å²) < 4.78 is 0. The summed E-state index contributed by atoms with van der Waals surface area (Å²) in [5.41, 5.74) is 0.503. The van der Waals surface area contributed by atoms with Crippen LogP contribution in [0.5, 0.6) is 0 Å². The lowest BCUT2D eigenvalue weighted by Gasteiger charge is -2.31. The van der Waals surface area contributed by atoms with Crippen LogP contribution in [0.4, 0.5) is 0 Å². The number of carboxylic acids is 1. The van der Waals surface area contributed by atoms with Gasteiger partial charge in [0.25, 0.3) is 0 Å². The molecule has 1 atom stereocenters. The van der Waals surface area contributed by atoms with E-state index < -0.39 is 5.97 Å². The minimum absolute atomic E-state index is 0.503. The van der Waals surface area contributed by atoms with Crippen LogP contribution in [-0.2, 0) is 4.79 Å². The maximum Gasteiger partial charge on any atom is 0.331 e. The topological polar surface area (TPSA) is 49.3 Å². The van der Waals surface area contributed by atoms with Crippen molar-refractivity contribution in [2.45, 2.75) is 45.6 Å². The first-order valence-electron chi connectivity index (χ1n) is 5.80. The molecular formula is C12H21NO2. The average Bonchev–Trinajstić information content (AvgIpc) is 2.08. The first-order valence-corrected chi connectivity index (χ1v) is 5.80. The predicted molar refractivity (Wildman–Crippen MR) is 60.8 cm³/mol. The lowest BCUT2D eigenvalue weighted by molar-refractivity contribution is -0.132. The molecule has 0 aromatic carbocycles. The third-order valence-electron chi connectivity index (χ3n) is 3.30. The van der Waals surface area contributed by atoms with E-state index in [0.717, 1.165) is 5.92 Å². The van der Waals surface area contributed by atoms with Crippen molar-refractivity contribution in [3.8, 4) is 0 Å². The monoisotopic (exact) mass is 211 g/mol. The molecule has 0 amide bonds. The molecule has 1 saturated carbocycles. The van der Waals surface area contributed by atoms with Crippen molar-refractivity contribution in [3.63, 3.8) is 0 Å². The van der Waals surface area contributed by atoms with Crippen molar-refractivity contribution < 1.29 is 9.90 Å². The molecule has 0 aromatic heterocycles. The fourth-order valence-corrected chi connectivity index (χ4v) is 1.86. The normalized spacial score (nSPS) is 19.7. The van der Waals surface area contributed by atoms with E-state index in [1.54, 1.807) is 6.08 Å². The van der Waals surface area contributed by atoms with E-state index in [0.29, 0.717) is 24.6 Å². The van der Waals surface area contributed by atoms with E-state index in [1.165, 1.54) is 19.3 Å². The van der Waals surface area contributed by atoms with Crippen LogP contribution in [0.25, 0.3) is 0 Å². The first-order chi connectivity index (χ1) is 7.15. The Bertz CT molecular complexity index is 244. The van der Waals surface area contributed by atoms with Crippen LogP contribution in [0, 0.1) is 5.92 Å². The van der Waals surface area contributed by atoms with E-state index in [1.807, 2.05) is 6.92 Å². The zero-order chi connectivity index (χ0) is 11.3. The number of aliphatic carboxylic acids is 1. The van der Waals surface area contributed by atoms with Gasteiger partial charge in [0.05, 0.1) is 0 Å². The van der Waals surface area contributed by atoms with E-state index in [2.05, 4.69) is 12.2 Å². The Morgan fingerprint density at radius 1 is 1.60 bits per heavy atom. The SMILES string of the molecule is CCC(=CCNC(C)C1CCC1)C(=O)O. The van der Waals surface area contributed by atoms with Gasteiger partial charge in [-0.3, -0.25) is 0 Å². The predicted octanol–water partition coefficient (Wildman–Crippen LogP) is 2.19. The fourth-order valence-electron chi connectivity index (χ4n) is 1.86. The number of nitrogens with one attached hydrogen (secondary N) is 1. The van der Waals surface area contributed by atoms with Crippen LogP contribution >= 0.6 is 0 Å². The summed E-state index contributed by atoms with van der Waals surface area (Å²) in [4.78, 5) is 10.7. The molecule has 0 heterocycles. The number of carbonyl (C=O) groups is 1. The smallest absolute Gasteiger partial charge is 0.331 e. The van der Waals surface area contributed by atoms with Crippen molar-refractivity contribution in [1.29, 1.82) is 0 Å². The Labute approximate surface area is 91.6 Å². The van der Waals surface area contributed by atoms with Gasteiger partial charge in [0, 0.05) is 18.2 Å². The molecule has 0 aliphatic heterocycles. The highest BCUT2D eigenvalue weighted by Crippen LogP contribution is 2.29. The van der Waals surface area contributed by atoms with Crippen LogP contribution < -0.4 is 5.32 Å². The van der Waals surface area contributed by atoms with E-state index >= 15 is 0 Å². The van der Waals surface area contributed by atoms with Crippen molar-refractivity contribution in [2.24, 2.45) is 5.92 Å². The number of hydrogen-bond acceptors (Lipinski definition) is 2. The molecule has 0 bridgehead atoms. The lowest BCUT2D eigenvalue weighted by atomic mass is 9.80. The Morgan fingerprint density at radius 3 is 2.67 bits per heavy atom. The van der Waals surface area contributed by atoms with E-state index in [-0.39, 0.29) is 0 Å². The van der Waals surface area contributed by atoms with Gasteiger partial charge in [0.15, 0.2) is 0 Å². The summed E-state index contributed by atoms with van der Waals surface area (Å²) in [6.45, 7) is 4.73. The summed E-state index contributed by atoms with van der Waals surface area (Å²) in [5, 5.41) is 12.2. The Balaban J connectivity index is 2.26. The highest BCUT2D eigenvalue weighted by molar-refractivity contribution is 5.86. The molecule has 0 saturated heterocycles. The number of rotatable bonds is 6. The zero-order valence-corrected chi connectivity index (χ0v) is 9.62. The molecule has 15 heavy (non-hydrogen) atoms. The van der Waals surface area contributed by atoms with Crippen LogP contribution in [-0.4, -0.2) is 23.7 Å². The molecule has 3 heteroatoms. The van der Waals surface area contributed by atoms with E-state index in [9.17, 15) is 4.79 Å². The zero-order valence-electron chi connectivity index (χ0n) is 9.62. The van der Waals surface area contributed by atoms with Gasteiger partial charge < -0.3 is 10.4 Å². The number of hydrogen-bond donors (Lipinski definition) is 2. The molecule has 2 N–H and O–H groups in total. The molecule has 0 radical (unpaired) electrons. The van der Waals surface area contributed by atoms with Crippen molar-refractivity contribution in [2.75, 3.05) is 6.54 Å². The van der Waals surface area contributed by atoms with Gasteiger partial charge in [-0.15, -0.1) is 0 Å². The molecule has 0 spiro atoms. The van der Waals surface area contributed by atoms with Crippen molar-refractivity contribution >= 4 is 5.97 Å². The average molecular weight is 211 g/mol. The fraction of sp³-hybridized carbons (Fsp3) is 0.750. The Morgan fingerprint density at radius 2 is 2.27 bits per heavy atom. The second-order valence-electron chi connectivity index (χ2n) is 4.28. The third kappa shape index (κ3) is 3.67. The van der Waals surface area contributed by atoms with Gasteiger partial charge >= 0.3 is 5.97 Å². The first kappa shape index (κ1) is 12.2. The molecule has 3 nitrogen and oxygen atoms in total. The van der Waals surface area contributed by atoms with Gasteiger partial charge in [0.1, 0.15) is 0 Å². The summed E-state index contributed by atoms with van der Waals surface area (Å²) in [6, 6.07) is 0.516. The summed E-state index contributed by atoms with van der Waals surface area (Å²) in [7, 11) is 0. The Kier molecular flexibility index (Phi) is 4.82. The molecular weight excluding hydrogens is 190 g/mol. The molecule has 0 aromatic rings. The minimum Gasteiger partial charge on any atom is -0.478 e. The summed E-state index contributed by atoms with van der Waals surface area (Å²) >= 11 is 0. The van der Waals surface area contributed by atoms with Gasteiger partial charge in [-0.2, -0.15) is 0 Å².